The maximum Gasteiger partial charge on any atom is 0.248 e. The average molecular weight is 316 g/mol. The molecule has 1 N–H and O–H groups in total. The van der Waals surface area contributed by atoms with Crippen molar-refractivity contribution in [3.8, 4) is 0 Å². The summed E-state index contributed by atoms with van der Waals surface area (Å²) < 4.78 is 4.99. The molecule has 2 aromatic heterocycles. The number of likely N-dealkylation sites (N-methyl/N-ethyl adjacent to an activating group) is 1. The number of rotatable bonds is 4. The molecule has 1 aliphatic rings. The van der Waals surface area contributed by atoms with Gasteiger partial charge in [-0.2, -0.15) is 0 Å². The van der Waals surface area contributed by atoms with Crippen molar-refractivity contribution in [1.82, 2.24) is 14.9 Å². The monoisotopic (exact) mass is 316 g/mol. The molecule has 0 bridgehead atoms. The number of carbonyl (C=O) groups excluding carboxylic acids is 1. The molecule has 0 aromatic carbocycles. The first kappa shape index (κ1) is 15.8. The Hall–Kier alpha value is -2.08. The number of anilines is 1. The lowest BCUT2D eigenvalue weighted by Gasteiger charge is -2.42. The number of pyridine rings is 1. The molecule has 1 amide bonds. The SMILES string of the molecule is COCC(=O)N1CC[C@@H](C)[C@@H](N(C)c2ccnc3[nH]ccc23)C1. The third-order valence-electron chi connectivity index (χ3n) is 4.85. The van der Waals surface area contributed by atoms with Crippen molar-refractivity contribution in [1.29, 1.82) is 0 Å². The Kier molecular flexibility index (Phi) is 4.52. The lowest BCUT2D eigenvalue weighted by atomic mass is 9.92. The van der Waals surface area contributed by atoms with Crippen LogP contribution in [0.5, 0.6) is 0 Å². The van der Waals surface area contributed by atoms with Crippen LogP contribution in [0.15, 0.2) is 24.5 Å². The molecule has 124 valence electrons. The van der Waals surface area contributed by atoms with E-state index >= 15 is 0 Å². The van der Waals surface area contributed by atoms with Gasteiger partial charge in [0.15, 0.2) is 0 Å². The number of carbonyl (C=O) groups is 1. The van der Waals surface area contributed by atoms with Crippen LogP contribution in [0.4, 0.5) is 5.69 Å². The summed E-state index contributed by atoms with van der Waals surface area (Å²) in [5, 5.41) is 1.11. The standard InChI is InChI=1S/C17H24N4O2/c1-12-6-9-21(16(22)11-23-3)10-15(12)20(2)14-5-8-19-17-13(14)4-7-18-17/h4-5,7-8,12,15H,6,9-11H2,1-3H3,(H,18,19)/t12-,15+/m1/s1. The Morgan fingerprint density at radius 2 is 2.35 bits per heavy atom. The van der Waals surface area contributed by atoms with Gasteiger partial charge in [-0.05, 0) is 24.5 Å². The number of hydrogen-bond donors (Lipinski definition) is 1. The number of H-pyrrole nitrogens is 1. The van der Waals surface area contributed by atoms with Crippen LogP contribution in [0, 0.1) is 5.92 Å². The summed E-state index contributed by atoms with van der Waals surface area (Å²) in [5.41, 5.74) is 2.04. The average Bonchev–Trinajstić information content (AvgIpc) is 3.03. The lowest BCUT2D eigenvalue weighted by Crippen LogP contribution is -2.53. The number of nitrogens with one attached hydrogen (secondary N) is 1. The highest BCUT2D eigenvalue weighted by Crippen LogP contribution is 2.30. The first-order valence-electron chi connectivity index (χ1n) is 8.03. The Bertz CT molecular complexity index is 684. The number of nitrogens with zero attached hydrogens (tertiary/aromatic N) is 3. The van der Waals surface area contributed by atoms with Gasteiger partial charge in [0, 0.05) is 56.8 Å². The molecular formula is C17H24N4O2. The Morgan fingerprint density at radius 1 is 1.52 bits per heavy atom. The van der Waals surface area contributed by atoms with Gasteiger partial charge in [0.05, 0.1) is 0 Å². The number of amides is 1. The molecule has 1 fully saturated rings. The predicted octanol–water partition coefficient (Wildman–Crippen LogP) is 1.88. The second-order valence-corrected chi connectivity index (χ2v) is 6.29. The maximum atomic E-state index is 12.1. The summed E-state index contributed by atoms with van der Waals surface area (Å²) in [5.74, 6) is 0.591. The van der Waals surface area contributed by atoms with Crippen molar-refractivity contribution in [3.63, 3.8) is 0 Å². The molecule has 2 aromatic rings. The number of likely N-dealkylation sites (tertiary alicyclic amines) is 1. The molecule has 1 saturated heterocycles. The molecular weight excluding hydrogens is 292 g/mol. The fraction of sp³-hybridized carbons (Fsp3) is 0.529. The molecule has 23 heavy (non-hydrogen) atoms. The molecule has 0 unspecified atom stereocenters. The number of methoxy groups -OCH3 is 1. The molecule has 1 aliphatic heterocycles. The summed E-state index contributed by atoms with van der Waals surface area (Å²) in [6.07, 6.45) is 4.74. The second kappa shape index (κ2) is 6.58. The molecule has 0 spiro atoms. The van der Waals surface area contributed by atoms with E-state index in [1.165, 1.54) is 0 Å². The number of aromatic amines is 1. The van der Waals surface area contributed by atoms with Gasteiger partial charge >= 0.3 is 0 Å². The zero-order chi connectivity index (χ0) is 16.4. The highest BCUT2D eigenvalue weighted by atomic mass is 16.5. The van der Waals surface area contributed by atoms with Crippen molar-refractivity contribution < 1.29 is 9.53 Å². The summed E-state index contributed by atoms with van der Waals surface area (Å²) in [7, 11) is 3.67. The molecule has 6 nitrogen and oxygen atoms in total. The number of piperidine rings is 1. The van der Waals surface area contributed by atoms with Crippen molar-refractivity contribution in [2.75, 3.05) is 38.8 Å². The highest BCUT2D eigenvalue weighted by molar-refractivity contribution is 5.89. The molecule has 0 aliphatic carbocycles. The van der Waals surface area contributed by atoms with Crippen molar-refractivity contribution in [2.24, 2.45) is 5.92 Å². The number of hydrogen-bond acceptors (Lipinski definition) is 4. The minimum absolute atomic E-state index is 0.0688. The van der Waals surface area contributed by atoms with Crippen LogP contribution < -0.4 is 4.90 Å². The number of aromatic nitrogens is 2. The molecule has 6 heteroatoms. The lowest BCUT2D eigenvalue weighted by molar-refractivity contribution is -0.136. The van der Waals surface area contributed by atoms with Crippen LogP contribution in [0.2, 0.25) is 0 Å². The van der Waals surface area contributed by atoms with Crippen LogP contribution in [0.3, 0.4) is 0 Å². The predicted molar refractivity (Wildman–Crippen MR) is 90.5 cm³/mol. The summed E-state index contributed by atoms with van der Waals surface area (Å²) in [6, 6.07) is 4.37. The van der Waals surface area contributed by atoms with E-state index in [0.29, 0.717) is 5.92 Å². The molecule has 3 heterocycles. The van der Waals surface area contributed by atoms with E-state index in [0.717, 1.165) is 36.2 Å². The molecule has 0 radical (unpaired) electrons. The van der Waals surface area contributed by atoms with E-state index in [2.05, 4.69) is 34.9 Å². The van der Waals surface area contributed by atoms with E-state index in [1.54, 1.807) is 7.11 Å². The Labute approximate surface area is 136 Å². The summed E-state index contributed by atoms with van der Waals surface area (Å²) >= 11 is 0. The molecule has 2 atom stereocenters. The van der Waals surface area contributed by atoms with Gasteiger partial charge in [0.25, 0.3) is 0 Å². The minimum Gasteiger partial charge on any atom is -0.375 e. The van der Waals surface area contributed by atoms with Crippen LogP contribution in [0.1, 0.15) is 13.3 Å². The normalized spacial score (nSPS) is 21.6. The van der Waals surface area contributed by atoms with E-state index in [-0.39, 0.29) is 18.6 Å². The van der Waals surface area contributed by atoms with Crippen LogP contribution in [-0.4, -0.2) is 60.7 Å². The second-order valence-electron chi connectivity index (χ2n) is 6.29. The fourth-order valence-corrected chi connectivity index (χ4v) is 3.43. The first-order valence-corrected chi connectivity index (χ1v) is 8.03. The molecule has 0 saturated carbocycles. The van der Waals surface area contributed by atoms with Crippen LogP contribution in [0.25, 0.3) is 11.0 Å². The van der Waals surface area contributed by atoms with E-state index in [1.807, 2.05) is 23.4 Å². The van der Waals surface area contributed by atoms with Crippen molar-refractivity contribution >= 4 is 22.6 Å². The summed E-state index contributed by atoms with van der Waals surface area (Å²) in [4.78, 5) is 23.9. The smallest absolute Gasteiger partial charge is 0.248 e. The van der Waals surface area contributed by atoms with Gasteiger partial charge in [-0.1, -0.05) is 6.92 Å². The third kappa shape index (κ3) is 3.03. The van der Waals surface area contributed by atoms with E-state index in [4.69, 9.17) is 4.74 Å². The quantitative estimate of drug-likeness (QED) is 0.935. The maximum absolute atomic E-state index is 12.1. The number of ether oxygens (including phenoxy) is 1. The first-order chi connectivity index (χ1) is 11.1. The van der Waals surface area contributed by atoms with Gasteiger partial charge < -0.3 is 19.5 Å². The fourth-order valence-electron chi connectivity index (χ4n) is 3.43. The highest BCUT2D eigenvalue weighted by Gasteiger charge is 2.32. The van der Waals surface area contributed by atoms with Crippen LogP contribution in [-0.2, 0) is 9.53 Å². The van der Waals surface area contributed by atoms with Gasteiger partial charge in [0.1, 0.15) is 12.3 Å². The van der Waals surface area contributed by atoms with Crippen molar-refractivity contribution in [2.45, 2.75) is 19.4 Å². The topological polar surface area (TPSA) is 61.5 Å². The van der Waals surface area contributed by atoms with Crippen molar-refractivity contribution in [3.05, 3.63) is 24.5 Å². The van der Waals surface area contributed by atoms with Crippen LogP contribution >= 0.6 is 0 Å². The Morgan fingerprint density at radius 3 is 3.13 bits per heavy atom. The van der Waals surface area contributed by atoms with Gasteiger partial charge in [0.2, 0.25) is 5.91 Å². The minimum atomic E-state index is 0.0688. The number of fused-ring (bicyclic) bond motifs is 1. The zero-order valence-electron chi connectivity index (χ0n) is 14.0. The summed E-state index contributed by atoms with van der Waals surface area (Å²) in [6.45, 7) is 3.95. The van der Waals surface area contributed by atoms with E-state index < -0.39 is 0 Å². The largest absolute Gasteiger partial charge is 0.375 e. The van der Waals surface area contributed by atoms with E-state index in [9.17, 15) is 4.79 Å². The third-order valence-corrected chi connectivity index (χ3v) is 4.85. The van der Waals surface area contributed by atoms with Gasteiger partial charge in [-0.3, -0.25) is 4.79 Å². The molecule has 3 rings (SSSR count). The zero-order valence-corrected chi connectivity index (χ0v) is 14.0. The Balaban J connectivity index is 1.83. The van der Waals surface area contributed by atoms with Gasteiger partial charge in [-0.15, -0.1) is 0 Å². The van der Waals surface area contributed by atoms with Gasteiger partial charge in [-0.25, -0.2) is 4.98 Å².